The van der Waals surface area contributed by atoms with Crippen LogP contribution in [0.1, 0.15) is 43.2 Å². The monoisotopic (exact) mass is 597 g/mol. The smallest absolute Gasteiger partial charge is 0.459 e. The molecule has 2 amide bonds. The van der Waals surface area contributed by atoms with Crippen molar-refractivity contribution in [3.63, 3.8) is 0 Å². The third-order valence-electron chi connectivity index (χ3n) is 6.95. The summed E-state index contributed by atoms with van der Waals surface area (Å²) in [6, 6.07) is 25.6. The molecule has 5 rings (SSSR count). The average molecular weight is 598 g/mol. The lowest BCUT2D eigenvalue weighted by atomic mass is 9.95. The SMILES string of the molecule is O=C(Nc1ccccc1NC1CCCCC1)OCc1ccccc1.O=C(OCc1ccccc1)C1CN1C(=O)C(F)(F)F. The molecule has 1 aliphatic heterocycles. The number of nitrogens with zero attached hydrogens (tertiary/aromatic N) is 1. The fraction of sp³-hybridized carbons (Fsp3) is 0.344. The number of para-hydroxylation sites is 2. The molecule has 1 atom stereocenters. The minimum Gasteiger partial charge on any atom is -0.459 e. The van der Waals surface area contributed by atoms with Crippen molar-refractivity contribution in [1.82, 2.24) is 4.90 Å². The number of hydrogen-bond acceptors (Lipinski definition) is 6. The van der Waals surface area contributed by atoms with Gasteiger partial charge in [0.1, 0.15) is 19.3 Å². The quantitative estimate of drug-likeness (QED) is 0.222. The summed E-state index contributed by atoms with van der Waals surface area (Å²) in [4.78, 5) is 34.8. The number of hydrogen-bond donors (Lipinski definition) is 2. The summed E-state index contributed by atoms with van der Waals surface area (Å²) in [6.45, 7) is 0.00107. The zero-order chi connectivity index (χ0) is 30.7. The molecule has 11 heteroatoms. The molecule has 1 aliphatic carbocycles. The molecule has 0 bridgehead atoms. The molecule has 1 saturated carbocycles. The van der Waals surface area contributed by atoms with Crippen LogP contribution in [0.3, 0.4) is 0 Å². The van der Waals surface area contributed by atoms with Gasteiger partial charge in [0.2, 0.25) is 0 Å². The van der Waals surface area contributed by atoms with Crippen molar-refractivity contribution in [1.29, 1.82) is 0 Å². The second kappa shape index (κ2) is 15.1. The molecular weight excluding hydrogens is 563 g/mol. The fourth-order valence-corrected chi connectivity index (χ4v) is 4.61. The highest BCUT2D eigenvalue weighted by atomic mass is 19.4. The van der Waals surface area contributed by atoms with E-state index in [1.165, 1.54) is 32.1 Å². The Bertz CT molecular complexity index is 1350. The van der Waals surface area contributed by atoms with Gasteiger partial charge in [-0.25, -0.2) is 9.59 Å². The highest BCUT2D eigenvalue weighted by Crippen LogP contribution is 2.28. The lowest BCUT2D eigenvalue weighted by molar-refractivity contribution is -0.180. The van der Waals surface area contributed by atoms with Gasteiger partial charge < -0.3 is 19.7 Å². The first-order valence-electron chi connectivity index (χ1n) is 14.1. The maximum absolute atomic E-state index is 12.1. The predicted octanol–water partition coefficient (Wildman–Crippen LogP) is 6.68. The molecule has 0 radical (unpaired) electrons. The lowest BCUT2D eigenvalue weighted by Crippen LogP contribution is -2.32. The Morgan fingerprint density at radius 1 is 0.744 bits per heavy atom. The van der Waals surface area contributed by atoms with Gasteiger partial charge >= 0.3 is 24.1 Å². The van der Waals surface area contributed by atoms with Gasteiger partial charge in [0.05, 0.1) is 17.9 Å². The van der Waals surface area contributed by atoms with E-state index in [-0.39, 0.29) is 19.8 Å². The Morgan fingerprint density at radius 2 is 1.28 bits per heavy atom. The molecule has 2 fully saturated rings. The van der Waals surface area contributed by atoms with Crippen LogP contribution < -0.4 is 10.6 Å². The third-order valence-corrected chi connectivity index (χ3v) is 6.95. The molecule has 1 heterocycles. The maximum atomic E-state index is 12.1. The first kappa shape index (κ1) is 31.4. The minimum atomic E-state index is -4.95. The Labute approximate surface area is 248 Å². The van der Waals surface area contributed by atoms with E-state index in [9.17, 15) is 27.6 Å². The summed E-state index contributed by atoms with van der Waals surface area (Å²) in [5.41, 5.74) is 3.42. The number of amides is 2. The Morgan fingerprint density at radius 3 is 1.86 bits per heavy atom. The number of carbonyl (C=O) groups is 3. The van der Waals surface area contributed by atoms with Crippen molar-refractivity contribution >= 4 is 29.3 Å². The maximum Gasteiger partial charge on any atom is 0.471 e. The van der Waals surface area contributed by atoms with E-state index in [0.29, 0.717) is 10.9 Å². The van der Waals surface area contributed by atoms with Crippen molar-refractivity contribution in [3.8, 4) is 0 Å². The lowest BCUT2D eigenvalue weighted by Gasteiger charge is -2.25. The molecule has 0 spiro atoms. The zero-order valence-corrected chi connectivity index (χ0v) is 23.5. The van der Waals surface area contributed by atoms with Gasteiger partial charge in [-0.15, -0.1) is 0 Å². The van der Waals surface area contributed by atoms with Crippen LogP contribution in [0.15, 0.2) is 84.9 Å². The zero-order valence-electron chi connectivity index (χ0n) is 23.5. The standard InChI is InChI=1S/C20H24N2O2.C12H10F3NO3/c23-20(24-15-16-9-3-1-4-10-16)22-19-14-8-7-13-18(19)21-17-11-5-2-6-12-17;13-12(14,15)11(18)16-6-9(16)10(17)19-7-8-4-2-1-3-5-8/h1,3-4,7-10,13-14,17,21H,2,5-6,11-12,15H2,(H,22,23);1-5,9H,6-7H2. The number of anilines is 2. The van der Waals surface area contributed by atoms with Crippen molar-refractivity contribution in [3.05, 3.63) is 96.1 Å². The van der Waals surface area contributed by atoms with Crippen LogP contribution >= 0.6 is 0 Å². The van der Waals surface area contributed by atoms with Crippen LogP contribution in [0.5, 0.6) is 0 Å². The van der Waals surface area contributed by atoms with Crippen LogP contribution in [0, 0.1) is 0 Å². The molecule has 2 aliphatic rings. The summed E-state index contributed by atoms with van der Waals surface area (Å²) in [7, 11) is 0. The van der Waals surface area contributed by atoms with Gasteiger partial charge in [-0.05, 0) is 36.1 Å². The number of rotatable bonds is 8. The van der Waals surface area contributed by atoms with Crippen molar-refractivity contribution in [2.24, 2.45) is 0 Å². The predicted molar refractivity (Wildman–Crippen MR) is 155 cm³/mol. The summed E-state index contributed by atoms with van der Waals surface area (Å²) >= 11 is 0. The molecule has 1 saturated heterocycles. The highest BCUT2D eigenvalue weighted by Gasteiger charge is 2.54. The van der Waals surface area contributed by atoms with E-state index in [1.54, 1.807) is 30.3 Å². The van der Waals surface area contributed by atoms with Gasteiger partial charge in [-0.2, -0.15) is 13.2 Å². The summed E-state index contributed by atoms with van der Waals surface area (Å²) < 4.78 is 46.4. The molecule has 0 aromatic heterocycles. The number of benzene rings is 3. The van der Waals surface area contributed by atoms with E-state index in [2.05, 4.69) is 10.6 Å². The van der Waals surface area contributed by atoms with Gasteiger partial charge in [0.25, 0.3) is 0 Å². The normalized spacial score (nSPS) is 16.3. The molecule has 43 heavy (non-hydrogen) atoms. The van der Waals surface area contributed by atoms with Crippen LogP contribution in [0.25, 0.3) is 0 Å². The second-order valence-corrected chi connectivity index (χ2v) is 10.3. The Hall–Kier alpha value is -4.54. The van der Waals surface area contributed by atoms with Crippen LogP contribution in [0.4, 0.5) is 29.3 Å². The van der Waals surface area contributed by atoms with Gasteiger partial charge in [-0.3, -0.25) is 10.1 Å². The second-order valence-electron chi connectivity index (χ2n) is 10.3. The van der Waals surface area contributed by atoms with Crippen LogP contribution in [0.2, 0.25) is 0 Å². The van der Waals surface area contributed by atoms with Crippen molar-refractivity contribution < 1.29 is 37.0 Å². The van der Waals surface area contributed by atoms with E-state index in [4.69, 9.17) is 9.47 Å². The third kappa shape index (κ3) is 10.1. The van der Waals surface area contributed by atoms with Crippen molar-refractivity contribution in [2.45, 2.75) is 63.6 Å². The van der Waals surface area contributed by atoms with E-state index in [1.807, 2.05) is 54.6 Å². The van der Waals surface area contributed by atoms with Crippen LogP contribution in [-0.4, -0.2) is 47.7 Å². The van der Waals surface area contributed by atoms with Crippen molar-refractivity contribution in [2.75, 3.05) is 17.2 Å². The van der Waals surface area contributed by atoms with E-state index < -0.39 is 30.2 Å². The number of nitrogens with one attached hydrogen (secondary N) is 2. The van der Waals surface area contributed by atoms with Crippen LogP contribution in [-0.2, 0) is 32.3 Å². The topological polar surface area (TPSA) is 96.7 Å². The molecule has 3 aromatic rings. The number of halogens is 3. The number of esters is 1. The molecule has 8 nitrogen and oxygen atoms in total. The largest absolute Gasteiger partial charge is 0.471 e. The first-order chi connectivity index (χ1) is 20.7. The average Bonchev–Trinajstić information content (AvgIpc) is 3.82. The van der Waals surface area contributed by atoms with Gasteiger partial charge in [0.15, 0.2) is 0 Å². The Balaban J connectivity index is 0.000000203. The minimum absolute atomic E-state index is 0.0236. The molecular formula is C32H34F3N3O5. The van der Waals surface area contributed by atoms with Gasteiger partial charge in [0, 0.05) is 6.04 Å². The summed E-state index contributed by atoms with van der Waals surface area (Å²) in [6.07, 6.45) is 0.855. The molecule has 3 aromatic carbocycles. The van der Waals surface area contributed by atoms with E-state index in [0.717, 1.165) is 22.5 Å². The molecule has 1 unspecified atom stereocenters. The van der Waals surface area contributed by atoms with E-state index >= 15 is 0 Å². The summed E-state index contributed by atoms with van der Waals surface area (Å²) in [5, 5.41) is 6.41. The molecule has 2 N–H and O–H groups in total. The highest BCUT2D eigenvalue weighted by molar-refractivity contribution is 5.92. The number of carbonyl (C=O) groups excluding carboxylic acids is 3. The number of alkyl halides is 3. The molecule has 228 valence electrons. The van der Waals surface area contributed by atoms with Gasteiger partial charge in [-0.1, -0.05) is 92.1 Å². The number of ether oxygens (including phenoxy) is 2. The first-order valence-corrected chi connectivity index (χ1v) is 14.1. The Kier molecular flexibility index (Phi) is 11.0. The summed E-state index contributed by atoms with van der Waals surface area (Å²) in [5.74, 6) is -2.82. The fourth-order valence-electron chi connectivity index (χ4n) is 4.61.